The lowest BCUT2D eigenvalue weighted by atomic mass is 10.1. The molecule has 0 aromatic heterocycles. The highest BCUT2D eigenvalue weighted by molar-refractivity contribution is 6.42. The van der Waals surface area contributed by atoms with E-state index in [2.05, 4.69) is 10.6 Å². The van der Waals surface area contributed by atoms with Gasteiger partial charge < -0.3 is 10.6 Å². The summed E-state index contributed by atoms with van der Waals surface area (Å²) < 4.78 is 0. The zero-order valence-corrected chi connectivity index (χ0v) is 11.5. The molecule has 0 spiro atoms. The Labute approximate surface area is 117 Å². The van der Waals surface area contributed by atoms with Gasteiger partial charge in [0.1, 0.15) is 0 Å². The van der Waals surface area contributed by atoms with Crippen molar-refractivity contribution in [3.05, 3.63) is 33.8 Å². The second-order valence-corrected chi connectivity index (χ2v) is 5.31. The molecule has 0 aliphatic carbocycles. The maximum atomic E-state index is 12.0. The summed E-state index contributed by atoms with van der Waals surface area (Å²) in [6.45, 7) is 1.85. The highest BCUT2D eigenvalue weighted by Gasteiger charge is 2.15. The molecule has 1 aliphatic heterocycles. The molecule has 2 rings (SSSR count). The van der Waals surface area contributed by atoms with Crippen LogP contribution in [0.3, 0.4) is 0 Å². The van der Waals surface area contributed by atoms with Gasteiger partial charge in [-0.15, -0.1) is 0 Å². The van der Waals surface area contributed by atoms with Gasteiger partial charge in [0.2, 0.25) is 0 Å². The molecular weight excluding hydrogens is 271 g/mol. The van der Waals surface area contributed by atoms with Crippen molar-refractivity contribution >= 4 is 29.1 Å². The molecular formula is C13H16Cl2N2O. The first-order valence-electron chi connectivity index (χ1n) is 6.13. The Morgan fingerprint density at radius 2 is 2.11 bits per heavy atom. The zero-order valence-electron chi connectivity index (χ0n) is 10.0. The van der Waals surface area contributed by atoms with E-state index in [1.165, 1.54) is 6.42 Å². The predicted molar refractivity (Wildman–Crippen MR) is 74.4 cm³/mol. The molecule has 2 N–H and O–H groups in total. The minimum absolute atomic E-state index is 0.0951. The highest BCUT2D eigenvalue weighted by atomic mass is 35.5. The number of carbonyl (C=O) groups is 1. The lowest BCUT2D eigenvalue weighted by Gasteiger charge is -2.16. The number of hydrogen-bond donors (Lipinski definition) is 2. The molecule has 98 valence electrons. The van der Waals surface area contributed by atoms with Gasteiger partial charge in [0, 0.05) is 18.2 Å². The SMILES string of the molecule is O=C(NC1CCCCNC1)c1ccc(Cl)c(Cl)c1. The maximum Gasteiger partial charge on any atom is 0.251 e. The zero-order chi connectivity index (χ0) is 13.0. The normalized spacial score (nSPS) is 20.2. The van der Waals surface area contributed by atoms with Gasteiger partial charge in [0.05, 0.1) is 10.0 Å². The minimum atomic E-state index is -0.0951. The minimum Gasteiger partial charge on any atom is -0.348 e. The van der Waals surface area contributed by atoms with Crippen molar-refractivity contribution in [2.75, 3.05) is 13.1 Å². The first kappa shape index (κ1) is 13.7. The Bertz CT molecular complexity index is 429. The van der Waals surface area contributed by atoms with Crippen molar-refractivity contribution in [2.45, 2.75) is 25.3 Å². The van der Waals surface area contributed by atoms with E-state index in [4.69, 9.17) is 23.2 Å². The largest absolute Gasteiger partial charge is 0.348 e. The van der Waals surface area contributed by atoms with Gasteiger partial charge in [-0.2, -0.15) is 0 Å². The standard InChI is InChI=1S/C13H16Cl2N2O/c14-11-5-4-9(7-12(11)15)13(18)17-10-3-1-2-6-16-8-10/h4-5,7,10,16H,1-3,6,8H2,(H,17,18). The first-order chi connectivity index (χ1) is 8.66. The molecule has 18 heavy (non-hydrogen) atoms. The van der Waals surface area contributed by atoms with Crippen LogP contribution < -0.4 is 10.6 Å². The summed E-state index contributed by atoms with van der Waals surface area (Å²) in [4.78, 5) is 12.0. The summed E-state index contributed by atoms with van der Waals surface area (Å²) in [7, 11) is 0. The van der Waals surface area contributed by atoms with E-state index in [0.29, 0.717) is 15.6 Å². The van der Waals surface area contributed by atoms with Gasteiger partial charge in [-0.3, -0.25) is 4.79 Å². The predicted octanol–water partition coefficient (Wildman–Crippen LogP) is 2.87. The summed E-state index contributed by atoms with van der Waals surface area (Å²) in [5, 5.41) is 7.20. The van der Waals surface area contributed by atoms with Crippen LogP contribution in [0.15, 0.2) is 18.2 Å². The van der Waals surface area contributed by atoms with E-state index >= 15 is 0 Å². The van der Waals surface area contributed by atoms with E-state index in [9.17, 15) is 4.79 Å². The van der Waals surface area contributed by atoms with E-state index in [1.807, 2.05) is 0 Å². The number of hydrogen-bond acceptors (Lipinski definition) is 2. The van der Waals surface area contributed by atoms with Gasteiger partial charge in [0.25, 0.3) is 5.91 Å². The fourth-order valence-electron chi connectivity index (χ4n) is 2.05. The Hall–Kier alpha value is -0.770. The summed E-state index contributed by atoms with van der Waals surface area (Å²) in [5.74, 6) is -0.0951. The van der Waals surface area contributed by atoms with Gasteiger partial charge in [0.15, 0.2) is 0 Å². The third-order valence-electron chi connectivity index (χ3n) is 3.06. The third kappa shape index (κ3) is 3.61. The average molecular weight is 287 g/mol. The Morgan fingerprint density at radius 3 is 2.89 bits per heavy atom. The first-order valence-corrected chi connectivity index (χ1v) is 6.89. The summed E-state index contributed by atoms with van der Waals surface area (Å²) >= 11 is 11.7. The Morgan fingerprint density at radius 1 is 1.28 bits per heavy atom. The van der Waals surface area contributed by atoms with Crippen LogP contribution in [0, 0.1) is 0 Å². The van der Waals surface area contributed by atoms with E-state index in [0.717, 1.165) is 25.9 Å². The van der Waals surface area contributed by atoms with Crippen molar-refractivity contribution in [1.82, 2.24) is 10.6 Å². The van der Waals surface area contributed by atoms with Crippen molar-refractivity contribution in [3.63, 3.8) is 0 Å². The van der Waals surface area contributed by atoms with Crippen molar-refractivity contribution in [2.24, 2.45) is 0 Å². The molecule has 1 fully saturated rings. The summed E-state index contributed by atoms with van der Waals surface area (Å²) in [5.41, 5.74) is 0.550. The van der Waals surface area contributed by atoms with Crippen LogP contribution in [0.1, 0.15) is 29.6 Å². The smallest absolute Gasteiger partial charge is 0.251 e. The van der Waals surface area contributed by atoms with Crippen LogP contribution in [-0.4, -0.2) is 25.0 Å². The molecule has 1 aromatic rings. The number of benzene rings is 1. The molecule has 1 unspecified atom stereocenters. The van der Waals surface area contributed by atoms with Crippen molar-refractivity contribution in [1.29, 1.82) is 0 Å². The topological polar surface area (TPSA) is 41.1 Å². The number of halogens is 2. The molecule has 1 heterocycles. The molecule has 0 saturated carbocycles. The number of amides is 1. The van der Waals surface area contributed by atoms with Gasteiger partial charge >= 0.3 is 0 Å². The van der Waals surface area contributed by atoms with Crippen LogP contribution in [0.4, 0.5) is 0 Å². The molecule has 0 radical (unpaired) electrons. The molecule has 3 nitrogen and oxygen atoms in total. The second-order valence-electron chi connectivity index (χ2n) is 4.50. The number of nitrogens with one attached hydrogen (secondary N) is 2. The third-order valence-corrected chi connectivity index (χ3v) is 3.80. The van der Waals surface area contributed by atoms with E-state index < -0.39 is 0 Å². The lowest BCUT2D eigenvalue weighted by molar-refractivity contribution is 0.0935. The van der Waals surface area contributed by atoms with Crippen LogP contribution in [-0.2, 0) is 0 Å². The summed E-state index contributed by atoms with van der Waals surface area (Å²) in [6.07, 6.45) is 3.32. The monoisotopic (exact) mass is 286 g/mol. The van der Waals surface area contributed by atoms with Crippen LogP contribution in [0.25, 0.3) is 0 Å². The average Bonchev–Trinajstić information content (AvgIpc) is 2.61. The van der Waals surface area contributed by atoms with Crippen molar-refractivity contribution < 1.29 is 4.79 Å². The van der Waals surface area contributed by atoms with Crippen molar-refractivity contribution in [3.8, 4) is 0 Å². The van der Waals surface area contributed by atoms with E-state index in [1.54, 1.807) is 18.2 Å². The molecule has 5 heteroatoms. The lowest BCUT2D eigenvalue weighted by Crippen LogP contribution is -2.40. The molecule has 1 aromatic carbocycles. The van der Waals surface area contributed by atoms with Gasteiger partial charge in [-0.25, -0.2) is 0 Å². The Kier molecular flexibility index (Phi) is 4.87. The molecule has 1 aliphatic rings. The fraction of sp³-hybridized carbons (Fsp3) is 0.462. The Balaban J connectivity index is 1.99. The molecule has 1 amide bonds. The van der Waals surface area contributed by atoms with Crippen LogP contribution >= 0.6 is 23.2 Å². The molecule has 1 atom stereocenters. The highest BCUT2D eigenvalue weighted by Crippen LogP contribution is 2.22. The van der Waals surface area contributed by atoms with E-state index in [-0.39, 0.29) is 11.9 Å². The van der Waals surface area contributed by atoms with Crippen LogP contribution in [0.5, 0.6) is 0 Å². The second kappa shape index (κ2) is 6.41. The molecule has 0 bridgehead atoms. The molecule has 1 saturated heterocycles. The number of rotatable bonds is 2. The summed E-state index contributed by atoms with van der Waals surface area (Å²) in [6, 6.07) is 5.12. The van der Waals surface area contributed by atoms with Crippen LogP contribution in [0.2, 0.25) is 10.0 Å². The quantitative estimate of drug-likeness (QED) is 0.878. The maximum absolute atomic E-state index is 12.0. The number of carbonyl (C=O) groups excluding carboxylic acids is 1. The van der Waals surface area contributed by atoms with Gasteiger partial charge in [-0.05, 0) is 37.6 Å². The van der Waals surface area contributed by atoms with Gasteiger partial charge in [-0.1, -0.05) is 29.6 Å². The fourth-order valence-corrected chi connectivity index (χ4v) is 2.35.